The lowest BCUT2D eigenvalue weighted by Crippen LogP contribution is -2.01. The molecule has 0 atom stereocenters. The molecule has 5 nitrogen and oxygen atoms in total. The normalized spacial score (nSPS) is 10.1. The van der Waals surface area contributed by atoms with Gasteiger partial charge in [-0.05, 0) is 28.1 Å². The second-order valence-corrected chi connectivity index (χ2v) is 4.15. The van der Waals surface area contributed by atoms with Crippen molar-refractivity contribution in [3.05, 3.63) is 46.4 Å². The van der Waals surface area contributed by atoms with Crippen molar-refractivity contribution in [2.24, 2.45) is 0 Å². The Kier molecular flexibility index (Phi) is 3.52. The fraction of sp³-hybridized carbons (Fsp3) is 0. The maximum Gasteiger partial charge on any atom is 0.339 e. The van der Waals surface area contributed by atoms with Crippen LogP contribution in [0.5, 0.6) is 11.8 Å². The fourth-order valence-electron chi connectivity index (χ4n) is 1.21. The SMILES string of the molecule is O=C(O)c1ccc(F)cc1Oc1ncc(Br)cn1. The molecule has 0 spiro atoms. The third-order valence-corrected chi connectivity index (χ3v) is 2.38. The number of aromatic nitrogens is 2. The molecule has 0 saturated heterocycles. The molecule has 0 aliphatic carbocycles. The zero-order valence-electron chi connectivity index (χ0n) is 8.80. The van der Waals surface area contributed by atoms with Gasteiger partial charge in [0.15, 0.2) is 0 Å². The van der Waals surface area contributed by atoms with E-state index in [1.54, 1.807) is 0 Å². The highest BCUT2D eigenvalue weighted by atomic mass is 79.9. The average Bonchev–Trinajstić information content (AvgIpc) is 2.32. The Hall–Kier alpha value is -2.02. The summed E-state index contributed by atoms with van der Waals surface area (Å²) >= 11 is 3.15. The number of nitrogens with zero attached hydrogens (tertiary/aromatic N) is 2. The molecule has 7 heteroatoms. The number of benzene rings is 1. The van der Waals surface area contributed by atoms with Crippen LogP contribution in [0, 0.1) is 5.82 Å². The Morgan fingerprint density at radius 1 is 1.33 bits per heavy atom. The zero-order chi connectivity index (χ0) is 13.1. The van der Waals surface area contributed by atoms with Crippen molar-refractivity contribution in [1.82, 2.24) is 9.97 Å². The Morgan fingerprint density at radius 2 is 2.00 bits per heavy atom. The molecule has 0 aliphatic rings. The van der Waals surface area contributed by atoms with Crippen molar-refractivity contribution in [3.8, 4) is 11.8 Å². The number of hydrogen-bond acceptors (Lipinski definition) is 4. The molecule has 0 radical (unpaired) electrons. The predicted molar refractivity (Wildman–Crippen MR) is 63.2 cm³/mol. The predicted octanol–water partition coefficient (Wildman–Crippen LogP) is 2.87. The van der Waals surface area contributed by atoms with Crippen LogP contribution in [-0.4, -0.2) is 21.0 Å². The summed E-state index contributed by atoms with van der Waals surface area (Å²) in [6, 6.07) is 3.06. The van der Waals surface area contributed by atoms with E-state index in [4.69, 9.17) is 9.84 Å². The summed E-state index contributed by atoms with van der Waals surface area (Å²) in [5.41, 5.74) is -0.164. The summed E-state index contributed by atoms with van der Waals surface area (Å²) in [4.78, 5) is 18.5. The highest BCUT2D eigenvalue weighted by Gasteiger charge is 2.14. The minimum atomic E-state index is -1.22. The van der Waals surface area contributed by atoms with Crippen LogP contribution in [0.4, 0.5) is 4.39 Å². The molecule has 1 aromatic carbocycles. The smallest absolute Gasteiger partial charge is 0.339 e. The lowest BCUT2D eigenvalue weighted by Gasteiger charge is -2.06. The van der Waals surface area contributed by atoms with E-state index in [1.807, 2.05) is 0 Å². The van der Waals surface area contributed by atoms with Crippen LogP contribution in [0.1, 0.15) is 10.4 Å². The quantitative estimate of drug-likeness (QED) is 0.943. The number of carboxylic acids is 1. The van der Waals surface area contributed by atoms with Gasteiger partial charge in [-0.1, -0.05) is 0 Å². The van der Waals surface area contributed by atoms with E-state index in [-0.39, 0.29) is 17.3 Å². The number of aromatic carboxylic acids is 1. The van der Waals surface area contributed by atoms with E-state index in [1.165, 1.54) is 12.4 Å². The molecule has 18 heavy (non-hydrogen) atoms. The van der Waals surface area contributed by atoms with Crippen molar-refractivity contribution in [2.45, 2.75) is 0 Å². The molecule has 0 unspecified atom stereocenters. The molecule has 92 valence electrons. The van der Waals surface area contributed by atoms with E-state index in [0.29, 0.717) is 4.47 Å². The molecule has 0 saturated carbocycles. The Bertz CT molecular complexity index is 589. The van der Waals surface area contributed by atoms with E-state index in [0.717, 1.165) is 18.2 Å². The average molecular weight is 313 g/mol. The molecule has 0 amide bonds. The van der Waals surface area contributed by atoms with E-state index in [9.17, 15) is 9.18 Å². The summed E-state index contributed by atoms with van der Waals surface area (Å²) < 4.78 is 18.8. The largest absolute Gasteiger partial charge is 0.478 e. The van der Waals surface area contributed by atoms with Gasteiger partial charge in [0.1, 0.15) is 17.1 Å². The van der Waals surface area contributed by atoms with Gasteiger partial charge in [-0.3, -0.25) is 0 Å². The molecular formula is C11H6BrFN2O3. The third kappa shape index (κ3) is 2.80. The van der Waals surface area contributed by atoms with Crippen LogP contribution in [-0.2, 0) is 0 Å². The molecule has 0 bridgehead atoms. The molecule has 2 rings (SSSR count). The highest BCUT2D eigenvalue weighted by molar-refractivity contribution is 9.10. The first-order valence-corrected chi connectivity index (χ1v) is 5.54. The number of hydrogen-bond donors (Lipinski definition) is 1. The Morgan fingerprint density at radius 3 is 2.61 bits per heavy atom. The number of halogens is 2. The van der Waals surface area contributed by atoms with Crippen LogP contribution in [0.3, 0.4) is 0 Å². The van der Waals surface area contributed by atoms with E-state index < -0.39 is 11.8 Å². The van der Waals surface area contributed by atoms with Gasteiger partial charge in [-0.2, -0.15) is 0 Å². The maximum atomic E-state index is 13.1. The third-order valence-electron chi connectivity index (χ3n) is 1.97. The number of rotatable bonds is 3. The first kappa shape index (κ1) is 12.4. The second kappa shape index (κ2) is 5.09. The molecule has 1 heterocycles. The summed E-state index contributed by atoms with van der Waals surface area (Å²) in [5, 5.41) is 8.93. The van der Waals surface area contributed by atoms with Gasteiger partial charge < -0.3 is 9.84 Å². The van der Waals surface area contributed by atoms with Gasteiger partial charge >= 0.3 is 12.0 Å². The topological polar surface area (TPSA) is 72.3 Å². The molecule has 2 aromatic rings. The van der Waals surface area contributed by atoms with Crippen LogP contribution in [0.15, 0.2) is 35.1 Å². The molecule has 0 aliphatic heterocycles. The second-order valence-electron chi connectivity index (χ2n) is 3.23. The van der Waals surface area contributed by atoms with Crippen molar-refractivity contribution in [3.63, 3.8) is 0 Å². The molecule has 0 fully saturated rings. The maximum absolute atomic E-state index is 13.1. The summed E-state index contributed by atoms with van der Waals surface area (Å²) in [6.45, 7) is 0. The number of carboxylic acid groups (broad SMARTS) is 1. The van der Waals surface area contributed by atoms with Crippen molar-refractivity contribution < 1.29 is 19.0 Å². The number of carbonyl (C=O) groups is 1. The van der Waals surface area contributed by atoms with Crippen LogP contribution >= 0.6 is 15.9 Å². The molecule has 1 aromatic heterocycles. The summed E-state index contributed by atoms with van der Waals surface area (Å²) in [7, 11) is 0. The van der Waals surface area contributed by atoms with E-state index >= 15 is 0 Å². The zero-order valence-corrected chi connectivity index (χ0v) is 10.4. The van der Waals surface area contributed by atoms with Gasteiger partial charge in [-0.15, -0.1) is 0 Å². The van der Waals surface area contributed by atoms with Crippen molar-refractivity contribution in [2.75, 3.05) is 0 Å². The molecule has 1 N–H and O–H groups in total. The van der Waals surface area contributed by atoms with Crippen LogP contribution in [0.25, 0.3) is 0 Å². The Balaban J connectivity index is 2.35. The van der Waals surface area contributed by atoms with Crippen molar-refractivity contribution in [1.29, 1.82) is 0 Å². The van der Waals surface area contributed by atoms with Gasteiger partial charge in [-0.25, -0.2) is 19.2 Å². The highest BCUT2D eigenvalue weighted by Crippen LogP contribution is 2.24. The van der Waals surface area contributed by atoms with Gasteiger partial charge in [0, 0.05) is 18.5 Å². The first-order chi connectivity index (χ1) is 8.56. The van der Waals surface area contributed by atoms with Gasteiger partial charge in [0.25, 0.3) is 0 Å². The first-order valence-electron chi connectivity index (χ1n) is 4.74. The minimum Gasteiger partial charge on any atom is -0.478 e. The monoisotopic (exact) mass is 312 g/mol. The van der Waals surface area contributed by atoms with Gasteiger partial charge in [0.05, 0.1) is 4.47 Å². The molecular weight excluding hydrogens is 307 g/mol. The minimum absolute atomic E-state index is 0.0636. The van der Waals surface area contributed by atoms with Gasteiger partial charge in [0.2, 0.25) is 0 Å². The summed E-state index contributed by atoms with van der Waals surface area (Å²) in [6.07, 6.45) is 2.87. The fourth-order valence-corrected chi connectivity index (χ4v) is 1.41. The standard InChI is InChI=1S/C11H6BrFN2O3/c12-6-4-14-11(15-5-6)18-9-3-7(13)1-2-8(9)10(16)17/h1-5H,(H,16,17). The lowest BCUT2D eigenvalue weighted by molar-refractivity contribution is 0.0694. The summed E-state index contributed by atoms with van der Waals surface area (Å²) in [5.74, 6) is -1.97. The Labute approximate surface area is 109 Å². The van der Waals surface area contributed by atoms with Crippen LogP contribution < -0.4 is 4.74 Å². The van der Waals surface area contributed by atoms with E-state index in [2.05, 4.69) is 25.9 Å². The lowest BCUT2D eigenvalue weighted by atomic mass is 10.2. The van der Waals surface area contributed by atoms with Crippen LogP contribution in [0.2, 0.25) is 0 Å². The van der Waals surface area contributed by atoms with Crippen molar-refractivity contribution >= 4 is 21.9 Å². The number of ether oxygens (including phenoxy) is 1.